The van der Waals surface area contributed by atoms with Crippen molar-refractivity contribution >= 4 is 11.5 Å². The highest BCUT2D eigenvalue weighted by atomic mass is 16.5. The number of rotatable bonds is 2. The maximum atomic E-state index is 6.20. The normalized spacial score (nSPS) is 33.7. The molecule has 19 heavy (non-hydrogen) atoms. The minimum absolute atomic E-state index is 0.117. The lowest BCUT2D eigenvalue weighted by Crippen LogP contribution is -2.69. The summed E-state index contributed by atoms with van der Waals surface area (Å²) in [5.41, 5.74) is 6.82. The lowest BCUT2D eigenvalue weighted by molar-refractivity contribution is -0.104. The second-order valence-corrected chi connectivity index (χ2v) is 5.13. The van der Waals surface area contributed by atoms with Crippen molar-refractivity contribution < 1.29 is 4.74 Å². The smallest absolute Gasteiger partial charge is 0.200 e. The maximum Gasteiger partial charge on any atom is 0.200 e. The number of nitrogens with one attached hydrogen (secondary N) is 1. The van der Waals surface area contributed by atoms with Crippen molar-refractivity contribution in [2.75, 3.05) is 11.9 Å². The molecular formula is C11H15N7O. The lowest BCUT2D eigenvalue weighted by Gasteiger charge is -2.52. The van der Waals surface area contributed by atoms with Gasteiger partial charge in [0.15, 0.2) is 5.65 Å². The maximum absolute atomic E-state index is 6.20. The summed E-state index contributed by atoms with van der Waals surface area (Å²) in [7, 11) is 0. The quantitative estimate of drug-likeness (QED) is 0.746. The van der Waals surface area contributed by atoms with E-state index in [1.54, 1.807) is 0 Å². The van der Waals surface area contributed by atoms with E-state index >= 15 is 0 Å². The van der Waals surface area contributed by atoms with Crippen LogP contribution < -0.4 is 11.1 Å². The van der Waals surface area contributed by atoms with Crippen LogP contribution >= 0.6 is 0 Å². The third-order valence-electron chi connectivity index (χ3n) is 4.06. The topological polar surface area (TPSA) is 103 Å². The van der Waals surface area contributed by atoms with Gasteiger partial charge in [-0.15, -0.1) is 14.8 Å². The molecule has 3 N–H and O–H groups in total. The zero-order valence-corrected chi connectivity index (χ0v) is 10.3. The van der Waals surface area contributed by atoms with Crippen molar-refractivity contribution in [1.29, 1.82) is 0 Å². The molecular weight excluding hydrogens is 246 g/mol. The van der Waals surface area contributed by atoms with Gasteiger partial charge < -0.3 is 15.8 Å². The Morgan fingerprint density at radius 1 is 1.42 bits per heavy atom. The second-order valence-electron chi connectivity index (χ2n) is 5.13. The summed E-state index contributed by atoms with van der Waals surface area (Å²) in [6, 6.07) is 3.91. The van der Waals surface area contributed by atoms with Crippen LogP contribution in [0, 0.1) is 5.92 Å². The summed E-state index contributed by atoms with van der Waals surface area (Å²) in [5, 5.41) is 18.8. The minimum Gasteiger partial charge on any atom is -0.376 e. The molecule has 3 heterocycles. The van der Waals surface area contributed by atoms with Crippen molar-refractivity contribution in [2.45, 2.75) is 31.0 Å². The van der Waals surface area contributed by atoms with Gasteiger partial charge in [-0.3, -0.25) is 0 Å². The fourth-order valence-corrected chi connectivity index (χ4v) is 3.02. The second kappa shape index (κ2) is 4.10. The number of hydrogen-bond acceptors (Lipinski definition) is 7. The van der Waals surface area contributed by atoms with Crippen LogP contribution in [0.2, 0.25) is 0 Å². The van der Waals surface area contributed by atoms with E-state index < -0.39 is 0 Å². The third kappa shape index (κ3) is 1.67. The number of hydrogen-bond donors (Lipinski definition) is 2. The van der Waals surface area contributed by atoms with E-state index in [0.29, 0.717) is 17.4 Å². The molecule has 0 amide bonds. The first-order valence-corrected chi connectivity index (χ1v) is 6.52. The van der Waals surface area contributed by atoms with Gasteiger partial charge in [-0.25, -0.2) is 0 Å². The molecule has 1 saturated heterocycles. The molecule has 2 aromatic heterocycles. The van der Waals surface area contributed by atoms with E-state index in [-0.39, 0.29) is 18.2 Å². The van der Waals surface area contributed by atoms with Crippen LogP contribution in [0.3, 0.4) is 0 Å². The molecule has 1 aliphatic carbocycles. The molecule has 0 bridgehead atoms. The molecule has 1 saturated carbocycles. The Morgan fingerprint density at radius 3 is 3.32 bits per heavy atom. The van der Waals surface area contributed by atoms with Crippen molar-refractivity contribution in [3.05, 3.63) is 12.1 Å². The van der Waals surface area contributed by atoms with Crippen molar-refractivity contribution in [1.82, 2.24) is 25.3 Å². The van der Waals surface area contributed by atoms with Crippen LogP contribution in [0.25, 0.3) is 5.65 Å². The van der Waals surface area contributed by atoms with E-state index in [4.69, 9.17) is 10.5 Å². The number of nitrogens with zero attached hydrogens (tertiary/aromatic N) is 5. The Kier molecular flexibility index (Phi) is 2.39. The lowest BCUT2D eigenvalue weighted by atomic mass is 9.68. The standard InChI is InChI=1S/C11H15N7O/c12-9-6-2-1-5-19-11(6)10(9)13-7-3-4-8-14-16-17-18(8)15-7/h3-4,6,9-11H,1-2,5,12H2,(H,13,15). The van der Waals surface area contributed by atoms with Crippen molar-refractivity contribution in [3.63, 3.8) is 0 Å². The number of tetrazole rings is 1. The van der Waals surface area contributed by atoms with Crippen molar-refractivity contribution in [3.8, 4) is 0 Å². The SMILES string of the molecule is NC1C2CCCOC2C1Nc1ccc2nnnn2n1. The average molecular weight is 261 g/mol. The van der Waals surface area contributed by atoms with E-state index in [0.717, 1.165) is 19.4 Å². The zero-order valence-electron chi connectivity index (χ0n) is 10.3. The molecule has 0 aromatic carbocycles. The van der Waals surface area contributed by atoms with Crippen LogP contribution in [0.5, 0.6) is 0 Å². The Bertz CT molecular complexity index is 599. The fourth-order valence-electron chi connectivity index (χ4n) is 3.02. The van der Waals surface area contributed by atoms with E-state index in [1.165, 1.54) is 4.63 Å². The molecule has 2 fully saturated rings. The summed E-state index contributed by atoms with van der Waals surface area (Å²) in [5.74, 6) is 1.19. The molecule has 0 radical (unpaired) electrons. The highest BCUT2D eigenvalue weighted by Crippen LogP contribution is 2.38. The minimum atomic E-state index is 0.117. The van der Waals surface area contributed by atoms with Gasteiger partial charge in [-0.2, -0.15) is 0 Å². The van der Waals surface area contributed by atoms with Crippen LogP contribution in [0.15, 0.2) is 12.1 Å². The van der Waals surface area contributed by atoms with Gasteiger partial charge >= 0.3 is 0 Å². The van der Waals surface area contributed by atoms with E-state index in [2.05, 4.69) is 25.9 Å². The van der Waals surface area contributed by atoms with Gasteiger partial charge in [0.05, 0.1) is 12.1 Å². The Labute approximate surface area is 109 Å². The molecule has 2 aliphatic rings. The molecule has 2 aromatic rings. The number of aromatic nitrogens is 5. The molecule has 8 heteroatoms. The summed E-state index contributed by atoms with van der Waals surface area (Å²) < 4.78 is 7.18. The number of nitrogens with two attached hydrogens (primary N) is 1. The Balaban J connectivity index is 1.54. The zero-order chi connectivity index (χ0) is 12.8. The predicted octanol–water partition coefficient (Wildman–Crippen LogP) is -0.564. The molecule has 4 unspecified atom stereocenters. The summed E-state index contributed by atoms with van der Waals surface area (Å²) >= 11 is 0. The van der Waals surface area contributed by atoms with Crippen LogP contribution in [-0.2, 0) is 4.74 Å². The molecule has 0 spiro atoms. The van der Waals surface area contributed by atoms with Gasteiger partial charge in [0.2, 0.25) is 0 Å². The summed E-state index contributed by atoms with van der Waals surface area (Å²) in [6.07, 6.45) is 2.47. The highest BCUT2D eigenvalue weighted by molar-refractivity contribution is 5.44. The van der Waals surface area contributed by atoms with Gasteiger partial charge in [0, 0.05) is 18.6 Å². The molecule has 4 atom stereocenters. The van der Waals surface area contributed by atoms with Crippen LogP contribution in [-0.4, -0.2) is 50.0 Å². The first-order valence-electron chi connectivity index (χ1n) is 6.52. The van der Waals surface area contributed by atoms with Gasteiger partial charge in [-0.1, -0.05) is 0 Å². The molecule has 100 valence electrons. The predicted molar refractivity (Wildman–Crippen MR) is 66.4 cm³/mol. The highest BCUT2D eigenvalue weighted by Gasteiger charge is 2.50. The number of ether oxygens (including phenoxy) is 1. The average Bonchev–Trinajstić information content (AvgIpc) is 2.92. The monoisotopic (exact) mass is 261 g/mol. The third-order valence-corrected chi connectivity index (χ3v) is 4.06. The molecule has 4 rings (SSSR count). The summed E-state index contributed by atoms with van der Waals surface area (Å²) in [4.78, 5) is 0. The van der Waals surface area contributed by atoms with Crippen molar-refractivity contribution in [2.24, 2.45) is 11.7 Å². The number of fused-ring (bicyclic) bond motifs is 2. The van der Waals surface area contributed by atoms with Gasteiger partial charge in [0.1, 0.15) is 5.82 Å². The van der Waals surface area contributed by atoms with Gasteiger partial charge in [0.25, 0.3) is 0 Å². The van der Waals surface area contributed by atoms with E-state index in [1.807, 2.05) is 12.1 Å². The Hall–Kier alpha value is -1.80. The Morgan fingerprint density at radius 2 is 2.37 bits per heavy atom. The van der Waals surface area contributed by atoms with Crippen LogP contribution in [0.1, 0.15) is 12.8 Å². The van der Waals surface area contributed by atoms with E-state index in [9.17, 15) is 0 Å². The first-order chi connectivity index (χ1) is 9.33. The summed E-state index contributed by atoms with van der Waals surface area (Å²) in [6.45, 7) is 0.825. The van der Waals surface area contributed by atoms with Gasteiger partial charge in [-0.05, 0) is 35.4 Å². The fraction of sp³-hybridized carbons (Fsp3) is 0.636. The molecule has 8 nitrogen and oxygen atoms in total. The largest absolute Gasteiger partial charge is 0.376 e. The molecule has 1 aliphatic heterocycles. The van der Waals surface area contributed by atoms with Crippen LogP contribution in [0.4, 0.5) is 5.82 Å². The number of anilines is 1. The first kappa shape index (κ1) is 11.1.